The fourth-order valence-corrected chi connectivity index (χ4v) is 2.76. The van der Waals surface area contributed by atoms with Gasteiger partial charge in [0, 0.05) is 12.6 Å². The average molecular weight is 247 g/mol. The largest absolute Gasteiger partial charge is 0.478 e. The normalized spacial score (nSPS) is 23.8. The van der Waals surface area contributed by atoms with Crippen LogP contribution in [0.2, 0.25) is 0 Å². The molecule has 0 bridgehead atoms. The van der Waals surface area contributed by atoms with Crippen LogP contribution >= 0.6 is 0 Å². The lowest BCUT2D eigenvalue weighted by Crippen LogP contribution is -2.33. The van der Waals surface area contributed by atoms with Crippen LogP contribution in [0.15, 0.2) is 24.3 Å². The minimum absolute atomic E-state index is 0.411. The number of hydrogen-bond acceptors (Lipinski definition) is 2. The van der Waals surface area contributed by atoms with E-state index < -0.39 is 5.97 Å². The topological polar surface area (TPSA) is 49.3 Å². The summed E-state index contributed by atoms with van der Waals surface area (Å²) >= 11 is 0. The summed E-state index contributed by atoms with van der Waals surface area (Å²) in [5.41, 5.74) is 1.29. The Hall–Kier alpha value is -1.35. The van der Waals surface area contributed by atoms with Crippen LogP contribution in [0.4, 0.5) is 0 Å². The molecule has 0 aliphatic heterocycles. The van der Waals surface area contributed by atoms with Crippen molar-refractivity contribution >= 4 is 5.97 Å². The van der Waals surface area contributed by atoms with Gasteiger partial charge in [0.2, 0.25) is 0 Å². The molecule has 0 radical (unpaired) electrons. The van der Waals surface area contributed by atoms with Gasteiger partial charge in [0.15, 0.2) is 0 Å². The first-order valence-corrected chi connectivity index (χ1v) is 6.71. The zero-order chi connectivity index (χ0) is 13.0. The Morgan fingerprint density at radius 2 is 2.17 bits per heavy atom. The van der Waals surface area contributed by atoms with E-state index in [0.717, 1.165) is 11.5 Å². The van der Waals surface area contributed by atoms with E-state index in [4.69, 9.17) is 5.11 Å². The highest BCUT2D eigenvalue weighted by atomic mass is 16.4. The Morgan fingerprint density at radius 1 is 1.39 bits per heavy atom. The number of hydrogen-bond donors (Lipinski definition) is 2. The number of carboxylic acid groups (broad SMARTS) is 1. The second kappa shape index (κ2) is 6.01. The molecule has 0 saturated heterocycles. The summed E-state index contributed by atoms with van der Waals surface area (Å²) in [7, 11) is 0. The average Bonchev–Trinajstić information content (AvgIpc) is 2.37. The zero-order valence-electron chi connectivity index (χ0n) is 10.9. The summed E-state index contributed by atoms with van der Waals surface area (Å²) in [5.74, 6) is -0.0598. The Balaban J connectivity index is 1.95. The van der Waals surface area contributed by atoms with Crippen LogP contribution in [0.1, 0.15) is 48.5 Å². The van der Waals surface area contributed by atoms with Crippen molar-refractivity contribution in [3.05, 3.63) is 35.4 Å². The standard InChI is InChI=1S/C15H21NO2/c1-11-5-4-7-13(9-11)16-10-12-6-2-3-8-14(12)15(17)18/h2-3,6,8,11,13,16H,4-5,7,9-10H2,1H3,(H,17,18). The first-order chi connectivity index (χ1) is 8.66. The van der Waals surface area contributed by atoms with E-state index in [-0.39, 0.29) is 0 Å². The van der Waals surface area contributed by atoms with Crippen LogP contribution in [-0.4, -0.2) is 17.1 Å². The lowest BCUT2D eigenvalue weighted by molar-refractivity contribution is 0.0695. The van der Waals surface area contributed by atoms with Gasteiger partial charge in [-0.15, -0.1) is 0 Å². The molecule has 1 aliphatic rings. The molecule has 2 unspecified atom stereocenters. The maximum absolute atomic E-state index is 11.1. The maximum Gasteiger partial charge on any atom is 0.336 e. The van der Waals surface area contributed by atoms with Crippen LogP contribution in [0, 0.1) is 5.92 Å². The highest BCUT2D eigenvalue weighted by Gasteiger charge is 2.18. The number of rotatable bonds is 4. The van der Waals surface area contributed by atoms with E-state index in [1.807, 2.05) is 12.1 Å². The number of nitrogens with one attached hydrogen (secondary N) is 1. The first-order valence-electron chi connectivity index (χ1n) is 6.71. The van der Waals surface area contributed by atoms with Crippen molar-refractivity contribution in [1.29, 1.82) is 0 Å². The smallest absolute Gasteiger partial charge is 0.336 e. The summed E-state index contributed by atoms with van der Waals surface area (Å²) in [4.78, 5) is 11.1. The van der Waals surface area contributed by atoms with Crippen molar-refractivity contribution in [1.82, 2.24) is 5.32 Å². The van der Waals surface area contributed by atoms with E-state index >= 15 is 0 Å². The second-order valence-electron chi connectivity index (χ2n) is 5.31. The lowest BCUT2D eigenvalue weighted by atomic mass is 9.87. The van der Waals surface area contributed by atoms with E-state index in [1.54, 1.807) is 12.1 Å². The number of aromatic carboxylic acids is 1. The summed E-state index contributed by atoms with van der Waals surface area (Å²) in [6, 6.07) is 7.77. The fourth-order valence-electron chi connectivity index (χ4n) is 2.76. The van der Waals surface area contributed by atoms with Crippen LogP contribution in [-0.2, 0) is 6.54 Å². The molecular weight excluding hydrogens is 226 g/mol. The van der Waals surface area contributed by atoms with Crippen molar-refractivity contribution < 1.29 is 9.90 Å². The third kappa shape index (κ3) is 3.33. The van der Waals surface area contributed by atoms with Gasteiger partial charge in [-0.1, -0.05) is 38.0 Å². The van der Waals surface area contributed by atoms with Gasteiger partial charge in [-0.25, -0.2) is 4.79 Å². The maximum atomic E-state index is 11.1. The molecule has 0 aromatic heterocycles. The summed E-state index contributed by atoms with van der Waals surface area (Å²) < 4.78 is 0. The van der Waals surface area contributed by atoms with Crippen molar-refractivity contribution in [2.45, 2.75) is 45.2 Å². The van der Waals surface area contributed by atoms with Crippen molar-refractivity contribution in [3.63, 3.8) is 0 Å². The van der Waals surface area contributed by atoms with Gasteiger partial charge in [-0.3, -0.25) is 0 Å². The zero-order valence-corrected chi connectivity index (χ0v) is 10.9. The summed E-state index contributed by atoms with van der Waals surface area (Å²) in [5, 5.41) is 12.6. The first kappa shape index (κ1) is 13.1. The van der Waals surface area contributed by atoms with Gasteiger partial charge in [0.1, 0.15) is 0 Å². The molecule has 0 heterocycles. The lowest BCUT2D eigenvalue weighted by Gasteiger charge is -2.27. The molecule has 1 aromatic carbocycles. The van der Waals surface area contributed by atoms with Gasteiger partial charge >= 0.3 is 5.97 Å². The summed E-state index contributed by atoms with van der Waals surface area (Å²) in [6.07, 6.45) is 5.01. The molecule has 98 valence electrons. The molecule has 0 spiro atoms. The molecule has 1 fully saturated rings. The van der Waals surface area contributed by atoms with Crippen molar-refractivity contribution in [2.24, 2.45) is 5.92 Å². The SMILES string of the molecule is CC1CCCC(NCc2ccccc2C(=O)O)C1. The molecule has 1 saturated carbocycles. The van der Waals surface area contributed by atoms with Crippen molar-refractivity contribution in [3.8, 4) is 0 Å². The predicted octanol–water partition coefficient (Wildman–Crippen LogP) is 3.05. The molecular formula is C15H21NO2. The molecule has 3 heteroatoms. The van der Waals surface area contributed by atoms with Crippen LogP contribution in [0.5, 0.6) is 0 Å². The Morgan fingerprint density at radius 3 is 2.89 bits per heavy atom. The van der Waals surface area contributed by atoms with Gasteiger partial charge in [-0.2, -0.15) is 0 Å². The van der Waals surface area contributed by atoms with E-state index in [0.29, 0.717) is 18.2 Å². The molecule has 1 aromatic rings. The molecule has 2 atom stereocenters. The van der Waals surface area contributed by atoms with E-state index in [9.17, 15) is 4.79 Å². The predicted molar refractivity (Wildman–Crippen MR) is 71.7 cm³/mol. The van der Waals surface area contributed by atoms with E-state index in [1.165, 1.54) is 25.7 Å². The minimum Gasteiger partial charge on any atom is -0.478 e. The molecule has 2 rings (SSSR count). The van der Waals surface area contributed by atoms with Crippen LogP contribution in [0.25, 0.3) is 0 Å². The Labute approximate surface area is 108 Å². The minimum atomic E-state index is -0.843. The monoisotopic (exact) mass is 247 g/mol. The van der Waals surface area contributed by atoms with E-state index in [2.05, 4.69) is 12.2 Å². The third-order valence-electron chi connectivity index (χ3n) is 3.77. The molecule has 1 aliphatic carbocycles. The fraction of sp³-hybridized carbons (Fsp3) is 0.533. The van der Waals surface area contributed by atoms with Crippen molar-refractivity contribution in [2.75, 3.05) is 0 Å². The van der Waals surface area contributed by atoms with Gasteiger partial charge in [0.25, 0.3) is 0 Å². The molecule has 0 amide bonds. The molecule has 3 nitrogen and oxygen atoms in total. The quantitative estimate of drug-likeness (QED) is 0.859. The third-order valence-corrected chi connectivity index (χ3v) is 3.77. The van der Waals surface area contributed by atoms with Gasteiger partial charge in [0.05, 0.1) is 5.56 Å². The summed E-state index contributed by atoms with van der Waals surface area (Å²) in [6.45, 7) is 2.94. The number of carboxylic acids is 1. The molecule has 18 heavy (non-hydrogen) atoms. The number of benzene rings is 1. The Bertz CT molecular complexity index is 417. The number of carbonyl (C=O) groups is 1. The Kier molecular flexibility index (Phi) is 4.37. The van der Waals surface area contributed by atoms with Crippen LogP contribution in [0.3, 0.4) is 0 Å². The highest BCUT2D eigenvalue weighted by molar-refractivity contribution is 5.89. The second-order valence-corrected chi connectivity index (χ2v) is 5.31. The van der Waals surface area contributed by atoms with Gasteiger partial charge < -0.3 is 10.4 Å². The molecule has 2 N–H and O–H groups in total. The highest BCUT2D eigenvalue weighted by Crippen LogP contribution is 2.23. The van der Waals surface area contributed by atoms with Crippen LogP contribution < -0.4 is 5.32 Å². The van der Waals surface area contributed by atoms with Gasteiger partial charge in [-0.05, 0) is 30.4 Å².